The van der Waals surface area contributed by atoms with Gasteiger partial charge in [-0.05, 0) is 34.6 Å². The molecule has 0 N–H and O–H groups in total. The van der Waals surface area contributed by atoms with Crippen molar-refractivity contribution in [3.8, 4) is 33.6 Å². The number of aromatic nitrogens is 2. The molecule has 4 heteroatoms. The zero-order chi connectivity index (χ0) is 28.5. The SMILES string of the molecule is C[Si](C)(C)c1ccc(-c2[c-]cccc2)nc1.[Ir].[c-]1cc(-c2ccccc2)c(Cc2ccccc2)cc1-c1ccccn1. The molecule has 0 unspecified atom stereocenters. The minimum absolute atomic E-state index is 0. The summed E-state index contributed by atoms with van der Waals surface area (Å²) >= 11 is 0. The maximum Gasteiger partial charge on any atom is 0.0795 e. The van der Waals surface area contributed by atoms with Crippen LogP contribution in [-0.4, -0.2) is 18.0 Å². The fourth-order valence-electron chi connectivity index (χ4n) is 4.60. The zero-order valence-electron chi connectivity index (χ0n) is 24.2. The molecule has 2 heterocycles. The fraction of sp³-hybridized carbons (Fsp3) is 0.105. The van der Waals surface area contributed by atoms with Crippen molar-refractivity contribution < 1.29 is 20.1 Å². The molecule has 0 bridgehead atoms. The van der Waals surface area contributed by atoms with Gasteiger partial charge in [-0.2, -0.15) is 0 Å². The van der Waals surface area contributed by atoms with Gasteiger partial charge in [-0.15, -0.1) is 65.2 Å². The van der Waals surface area contributed by atoms with Gasteiger partial charge in [-0.3, -0.25) is 0 Å². The smallest absolute Gasteiger partial charge is 0.0795 e. The second-order valence-electron chi connectivity index (χ2n) is 11.0. The summed E-state index contributed by atoms with van der Waals surface area (Å²) in [6.45, 7) is 7.00. The van der Waals surface area contributed by atoms with Crippen molar-refractivity contribution >= 4 is 13.3 Å². The molecule has 0 spiro atoms. The molecule has 0 saturated carbocycles. The predicted molar refractivity (Wildman–Crippen MR) is 175 cm³/mol. The van der Waals surface area contributed by atoms with Crippen LogP contribution in [-0.2, 0) is 26.5 Å². The van der Waals surface area contributed by atoms with Crippen molar-refractivity contribution in [2.75, 3.05) is 0 Å². The molecule has 0 atom stereocenters. The van der Waals surface area contributed by atoms with E-state index in [0.717, 1.165) is 28.9 Å². The molecule has 2 aromatic heterocycles. The number of nitrogens with zero attached hydrogens (tertiary/aromatic N) is 2. The summed E-state index contributed by atoms with van der Waals surface area (Å²) in [6.07, 6.45) is 4.73. The maximum absolute atomic E-state index is 4.52. The van der Waals surface area contributed by atoms with E-state index in [1.807, 2.05) is 60.9 Å². The van der Waals surface area contributed by atoms with Gasteiger partial charge < -0.3 is 9.97 Å². The normalized spacial score (nSPS) is 10.6. The van der Waals surface area contributed by atoms with Gasteiger partial charge in [-0.25, -0.2) is 0 Å². The first-order valence-corrected chi connectivity index (χ1v) is 17.5. The molecule has 6 rings (SSSR count). The average Bonchev–Trinajstić information content (AvgIpc) is 3.03. The van der Waals surface area contributed by atoms with Crippen LogP contribution in [0.1, 0.15) is 11.1 Å². The van der Waals surface area contributed by atoms with Gasteiger partial charge in [0, 0.05) is 32.5 Å². The van der Waals surface area contributed by atoms with Crippen LogP contribution in [0.3, 0.4) is 0 Å². The number of pyridine rings is 2. The number of hydrogen-bond donors (Lipinski definition) is 0. The Morgan fingerprint density at radius 1 is 0.643 bits per heavy atom. The second-order valence-corrected chi connectivity index (χ2v) is 16.1. The fourth-order valence-corrected chi connectivity index (χ4v) is 5.64. The minimum atomic E-state index is -1.23. The van der Waals surface area contributed by atoms with Crippen LogP contribution < -0.4 is 5.19 Å². The number of rotatable bonds is 6. The summed E-state index contributed by atoms with van der Waals surface area (Å²) in [5.41, 5.74) is 9.09. The van der Waals surface area contributed by atoms with Crippen LogP contribution in [0, 0.1) is 12.1 Å². The third-order valence-corrected chi connectivity index (χ3v) is 8.94. The van der Waals surface area contributed by atoms with Crippen molar-refractivity contribution in [3.05, 3.63) is 163 Å². The summed E-state index contributed by atoms with van der Waals surface area (Å²) in [7, 11) is -1.23. The topological polar surface area (TPSA) is 25.8 Å². The molecular formula is C38H34IrN2Si-2. The van der Waals surface area contributed by atoms with Crippen molar-refractivity contribution in [1.82, 2.24) is 9.97 Å². The molecule has 42 heavy (non-hydrogen) atoms. The van der Waals surface area contributed by atoms with E-state index in [1.54, 1.807) is 0 Å². The van der Waals surface area contributed by atoms with Gasteiger partial charge in [0.15, 0.2) is 0 Å². The molecule has 4 aromatic carbocycles. The maximum atomic E-state index is 4.52. The van der Waals surface area contributed by atoms with Crippen molar-refractivity contribution in [3.63, 3.8) is 0 Å². The van der Waals surface area contributed by atoms with E-state index in [2.05, 4.69) is 121 Å². The van der Waals surface area contributed by atoms with Crippen LogP contribution in [0.4, 0.5) is 0 Å². The quantitative estimate of drug-likeness (QED) is 0.126. The van der Waals surface area contributed by atoms with Crippen LogP contribution >= 0.6 is 0 Å². The van der Waals surface area contributed by atoms with E-state index >= 15 is 0 Å². The monoisotopic (exact) mass is 739 g/mol. The second kappa shape index (κ2) is 14.8. The summed E-state index contributed by atoms with van der Waals surface area (Å²) in [5, 5.41) is 1.40. The van der Waals surface area contributed by atoms with Gasteiger partial charge >= 0.3 is 0 Å². The van der Waals surface area contributed by atoms with E-state index in [-0.39, 0.29) is 20.1 Å². The first kappa shape index (κ1) is 31.0. The Kier molecular flexibility index (Phi) is 10.9. The van der Waals surface area contributed by atoms with E-state index in [0.29, 0.717) is 0 Å². The molecule has 0 aliphatic heterocycles. The zero-order valence-corrected chi connectivity index (χ0v) is 27.6. The van der Waals surface area contributed by atoms with Crippen LogP contribution in [0.25, 0.3) is 33.6 Å². The number of benzene rings is 4. The molecule has 1 radical (unpaired) electrons. The van der Waals surface area contributed by atoms with E-state index in [4.69, 9.17) is 0 Å². The number of hydrogen-bond acceptors (Lipinski definition) is 2. The van der Waals surface area contributed by atoms with Crippen molar-refractivity contribution in [1.29, 1.82) is 0 Å². The summed E-state index contributed by atoms with van der Waals surface area (Å²) in [6, 6.07) is 50.2. The van der Waals surface area contributed by atoms with Gasteiger partial charge in [0.05, 0.1) is 8.07 Å². The van der Waals surface area contributed by atoms with Gasteiger partial charge in [0.2, 0.25) is 0 Å². The molecule has 211 valence electrons. The summed E-state index contributed by atoms with van der Waals surface area (Å²) < 4.78 is 0. The van der Waals surface area contributed by atoms with Gasteiger partial charge in [-0.1, -0.05) is 116 Å². The van der Waals surface area contributed by atoms with Crippen LogP contribution in [0.15, 0.2) is 140 Å². The van der Waals surface area contributed by atoms with E-state index in [9.17, 15) is 0 Å². The van der Waals surface area contributed by atoms with E-state index < -0.39 is 8.07 Å². The Morgan fingerprint density at radius 3 is 1.95 bits per heavy atom. The predicted octanol–water partition coefficient (Wildman–Crippen LogP) is 8.90. The standard InChI is InChI=1S/C24H18N.C14H16NSi.Ir/c1-3-9-19(10-4-1)17-22-18-21(24-13-7-8-16-25-24)14-15-23(22)20-11-5-2-6-12-20;1-16(2,3)13-9-10-14(15-11-13)12-7-5-4-6-8-12;/h1-13,15-16,18H,17H2;4-7,9-11H,1-3H3;/q2*-1;. The Balaban J connectivity index is 0.000000207. The molecule has 0 saturated heterocycles. The summed E-state index contributed by atoms with van der Waals surface area (Å²) in [4.78, 5) is 8.99. The third kappa shape index (κ3) is 8.30. The molecule has 0 aliphatic carbocycles. The Morgan fingerprint density at radius 2 is 1.33 bits per heavy atom. The molecule has 0 fully saturated rings. The van der Waals surface area contributed by atoms with Crippen LogP contribution in [0.5, 0.6) is 0 Å². The van der Waals surface area contributed by atoms with Gasteiger partial charge in [0.25, 0.3) is 0 Å². The minimum Gasteiger partial charge on any atom is -0.305 e. The molecule has 0 amide bonds. The first-order valence-electron chi connectivity index (χ1n) is 14.0. The largest absolute Gasteiger partial charge is 0.305 e. The molecule has 6 aromatic rings. The summed E-state index contributed by atoms with van der Waals surface area (Å²) in [5.74, 6) is 0. The molecule has 0 aliphatic rings. The Hall–Kier alpha value is -3.95. The average molecular weight is 739 g/mol. The van der Waals surface area contributed by atoms with Crippen molar-refractivity contribution in [2.24, 2.45) is 0 Å². The first-order chi connectivity index (χ1) is 20.0. The van der Waals surface area contributed by atoms with Gasteiger partial charge in [0.1, 0.15) is 0 Å². The van der Waals surface area contributed by atoms with Crippen molar-refractivity contribution in [2.45, 2.75) is 26.1 Å². The Labute approximate surface area is 264 Å². The third-order valence-electron chi connectivity index (χ3n) is 6.91. The van der Waals surface area contributed by atoms with E-state index in [1.165, 1.54) is 27.4 Å². The Bertz CT molecular complexity index is 1650. The molecular weight excluding hydrogens is 705 g/mol. The van der Waals surface area contributed by atoms with Crippen LogP contribution in [0.2, 0.25) is 19.6 Å². The molecule has 2 nitrogen and oxygen atoms in total.